The van der Waals surface area contributed by atoms with Crippen molar-refractivity contribution in [1.29, 1.82) is 0 Å². The van der Waals surface area contributed by atoms with Gasteiger partial charge in [-0.2, -0.15) is 0 Å². The molecule has 2 aliphatic heterocycles. The van der Waals surface area contributed by atoms with E-state index in [0.717, 1.165) is 19.4 Å². The molecule has 0 aromatic rings. The average molecular weight is 250 g/mol. The second-order valence-electron chi connectivity index (χ2n) is 4.09. The Balaban J connectivity index is 0.000000184. The molecule has 98 valence electrons. The van der Waals surface area contributed by atoms with E-state index in [1.54, 1.807) is 0 Å². The highest BCUT2D eigenvalue weighted by molar-refractivity contribution is 5.73. The Morgan fingerprint density at radius 2 is 2.17 bits per heavy atom. The van der Waals surface area contributed by atoms with Crippen molar-refractivity contribution in [3.63, 3.8) is 0 Å². The molecule has 0 radical (unpaired) electrons. The van der Waals surface area contributed by atoms with Crippen LogP contribution in [0.2, 0.25) is 0 Å². The molecule has 0 N–H and O–H groups in total. The highest BCUT2D eigenvalue weighted by Crippen LogP contribution is 2.17. The largest absolute Gasteiger partial charge is 0.465 e. The summed E-state index contributed by atoms with van der Waals surface area (Å²) in [5, 5.41) is 0. The summed E-state index contributed by atoms with van der Waals surface area (Å²) in [6.07, 6.45) is 12.7. The molecule has 0 saturated carbocycles. The van der Waals surface area contributed by atoms with Crippen molar-refractivity contribution < 1.29 is 19.0 Å². The molecule has 2 saturated heterocycles. The van der Waals surface area contributed by atoms with Gasteiger partial charge in [-0.3, -0.25) is 4.79 Å². The van der Waals surface area contributed by atoms with E-state index in [9.17, 15) is 4.79 Å². The zero-order chi connectivity index (χ0) is 13.2. The number of cyclic esters (lactones) is 1. The van der Waals surface area contributed by atoms with Crippen LogP contribution < -0.4 is 0 Å². The lowest BCUT2D eigenvalue weighted by molar-refractivity contribution is -0.152. The van der Waals surface area contributed by atoms with Crippen LogP contribution in [-0.4, -0.2) is 38.5 Å². The first-order valence-electron chi connectivity index (χ1n) is 6.00. The van der Waals surface area contributed by atoms with Crippen molar-refractivity contribution in [2.24, 2.45) is 5.92 Å². The fourth-order valence-electron chi connectivity index (χ4n) is 1.48. The van der Waals surface area contributed by atoms with Gasteiger partial charge in [0.05, 0.1) is 25.7 Å². The summed E-state index contributed by atoms with van der Waals surface area (Å²) >= 11 is 0. The fourth-order valence-corrected chi connectivity index (χ4v) is 1.48. The Kier molecular flexibility index (Phi) is 6.94. The minimum absolute atomic E-state index is 0.0289. The Bertz CT molecular complexity index is 333. The molecule has 4 nitrogen and oxygen atoms in total. The molecule has 2 aliphatic rings. The van der Waals surface area contributed by atoms with Crippen LogP contribution >= 0.6 is 0 Å². The first-order valence-corrected chi connectivity index (χ1v) is 6.00. The molecular weight excluding hydrogens is 232 g/mol. The normalized spacial score (nSPS) is 24.9. The topological polar surface area (TPSA) is 48.1 Å². The second-order valence-corrected chi connectivity index (χ2v) is 4.09. The maximum Gasteiger partial charge on any atom is 0.309 e. The van der Waals surface area contributed by atoms with Crippen LogP contribution in [0.5, 0.6) is 0 Å². The molecule has 0 bridgehead atoms. The van der Waals surface area contributed by atoms with Gasteiger partial charge in [-0.05, 0) is 12.8 Å². The number of hydrogen-bond acceptors (Lipinski definition) is 4. The third-order valence-corrected chi connectivity index (χ3v) is 2.53. The summed E-state index contributed by atoms with van der Waals surface area (Å²) in [6, 6.07) is 0. The summed E-state index contributed by atoms with van der Waals surface area (Å²) in [5.41, 5.74) is 0. The molecule has 0 aromatic carbocycles. The molecule has 2 atom stereocenters. The lowest BCUT2D eigenvalue weighted by Gasteiger charge is -2.18. The lowest BCUT2D eigenvalue weighted by Crippen LogP contribution is -2.23. The number of carbonyl (C=O) groups excluding carboxylic acids is 1. The van der Waals surface area contributed by atoms with E-state index >= 15 is 0 Å². The fraction of sp³-hybridized carbons (Fsp3) is 0.643. The van der Waals surface area contributed by atoms with Crippen LogP contribution in [-0.2, 0) is 19.0 Å². The minimum atomic E-state index is -0.121. The van der Waals surface area contributed by atoms with Crippen molar-refractivity contribution in [3.05, 3.63) is 0 Å². The van der Waals surface area contributed by atoms with E-state index in [1.807, 2.05) is 0 Å². The standard InChI is InChI=1S/C8H10O2.C6H8O2/c1-2-4-7-5-3-6-10-8(7)9;1-2-3-7-4-6-5-8-6/h1,7H,3-6H2;1,6H,3-5H2. The highest BCUT2D eigenvalue weighted by atomic mass is 16.6. The van der Waals surface area contributed by atoms with Gasteiger partial charge in [-0.15, -0.1) is 18.8 Å². The summed E-state index contributed by atoms with van der Waals surface area (Å²) < 4.78 is 14.6. The molecule has 2 fully saturated rings. The second kappa shape index (κ2) is 8.58. The van der Waals surface area contributed by atoms with Crippen LogP contribution in [0.1, 0.15) is 19.3 Å². The van der Waals surface area contributed by atoms with Crippen LogP contribution in [0.15, 0.2) is 0 Å². The number of hydrogen-bond donors (Lipinski definition) is 0. The van der Waals surface area contributed by atoms with Gasteiger partial charge in [-0.1, -0.05) is 5.92 Å². The van der Waals surface area contributed by atoms with E-state index < -0.39 is 0 Å². The lowest BCUT2D eigenvalue weighted by atomic mass is 9.98. The van der Waals surface area contributed by atoms with Crippen molar-refractivity contribution in [1.82, 2.24) is 0 Å². The van der Waals surface area contributed by atoms with Crippen molar-refractivity contribution in [3.8, 4) is 24.7 Å². The van der Waals surface area contributed by atoms with E-state index in [-0.39, 0.29) is 11.9 Å². The molecule has 0 spiro atoms. The third-order valence-electron chi connectivity index (χ3n) is 2.53. The maximum atomic E-state index is 10.9. The van der Waals surface area contributed by atoms with E-state index in [0.29, 0.717) is 32.3 Å². The average Bonchev–Trinajstić information content (AvgIpc) is 3.18. The summed E-state index contributed by atoms with van der Waals surface area (Å²) in [5.74, 6) is 4.69. The van der Waals surface area contributed by atoms with Gasteiger partial charge >= 0.3 is 5.97 Å². The smallest absolute Gasteiger partial charge is 0.309 e. The van der Waals surface area contributed by atoms with Crippen molar-refractivity contribution >= 4 is 5.97 Å². The molecule has 2 heterocycles. The number of terminal acetylenes is 2. The summed E-state index contributed by atoms with van der Waals surface area (Å²) in [7, 11) is 0. The molecular formula is C14H18O4. The van der Waals surface area contributed by atoms with E-state index in [1.165, 1.54) is 0 Å². The van der Waals surface area contributed by atoms with Gasteiger partial charge in [-0.25, -0.2) is 0 Å². The molecule has 18 heavy (non-hydrogen) atoms. The van der Waals surface area contributed by atoms with Gasteiger partial charge in [0.25, 0.3) is 0 Å². The molecule has 0 aliphatic carbocycles. The summed E-state index contributed by atoms with van der Waals surface area (Å²) in [4.78, 5) is 10.9. The number of esters is 1. The molecule has 4 heteroatoms. The van der Waals surface area contributed by atoms with E-state index in [2.05, 4.69) is 11.8 Å². The summed E-state index contributed by atoms with van der Waals surface area (Å²) in [6.45, 7) is 2.47. The van der Waals surface area contributed by atoms with Crippen molar-refractivity contribution in [2.45, 2.75) is 25.4 Å². The Labute approximate surface area is 108 Å². The molecule has 0 amide bonds. The number of rotatable bonds is 4. The van der Waals surface area contributed by atoms with Crippen LogP contribution in [0.25, 0.3) is 0 Å². The molecule has 2 rings (SSSR count). The van der Waals surface area contributed by atoms with Crippen LogP contribution in [0.3, 0.4) is 0 Å². The van der Waals surface area contributed by atoms with Gasteiger partial charge in [0.2, 0.25) is 0 Å². The number of epoxide rings is 1. The van der Waals surface area contributed by atoms with Crippen molar-refractivity contribution in [2.75, 3.05) is 26.4 Å². The zero-order valence-electron chi connectivity index (χ0n) is 10.4. The Hall–Kier alpha value is -1.49. The third kappa shape index (κ3) is 6.30. The SMILES string of the molecule is C#CCC1CCCOC1=O.C#CCOCC1CO1. The maximum absolute atomic E-state index is 10.9. The first-order chi connectivity index (χ1) is 8.77. The van der Waals surface area contributed by atoms with Crippen LogP contribution in [0.4, 0.5) is 0 Å². The van der Waals surface area contributed by atoms with Gasteiger partial charge in [0.15, 0.2) is 0 Å². The number of ether oxygens (including phenoxy) is 3. The molecule has 2 unspecified atom stereocenters. The monoisotopic (exact) mass is 250 g/mol. The minimum Gasteiger partial charge on any atom is -0.465 e. The molecule has 0 aromatic heterocycles. The van der Waals surface area contributed by atoms with Crippen LogP contribution in [0, 0.1) is 30.6 Å². The quantitative estimate of drug-likeness (QED) is 0.323. The Morgan fingerprint density at radius 1 is 1.39 bits per heavy atom. The van der Waals surface area contributed by atoms with Gasteiger partial charge < -0.3 is 14.2 Å². The first kappa shape index (κ1) is 14.6. The highest BCUT2D eigenvalue weighted by Gasteiger charge is 2.22. The van der Waals surface area contributed by atoms with Gasteiger partial charge in [0.1, 0.15) is 12.7 Å². The number of carbonyl (C=O) groups is 1. The van der Waals surface area contributed by atoms with Gasteiger partial charge in [0, 0.05) is 6.42 Å². The predicted octanol–water partition coefficient (Wildman–Crippen LogP) is 0.998. The predicted molar refractivity (Wildman–Crippen MR) is 66.5 cm³/mol. The van der Waals surface area contributed by atoms with E-state index in [4.69, 9.17) is 27.1 Å². The Morgan fingerprint density at radius 3 is 2.72 bits per heavy atom. The zero-order valence-corrected chi connectivity index (χ0v) is 10.4.